The van der Waals surface area contributed by atoms with Gasteiger partial charge in [0, 0.05) is 38.6 Å². The highest BCUT2D eigenvalue weighted by atomic mass is 16.1. The van der Waals surface area contributed by atoms with Crippen LogP contribution < -0.4 is 11.1 Å². The fourth-order valence-electron chi connectivity index (χ4n) is 4.87. The number of benzene rings is 1. The van der Waals surface area contributed by atoms with Crippen molar-refractivity contribution in [1.82, 2.24) is 10.2 Å². The molecule has 0 bridgehead atoms. The van der Waals surface area contributed by atoms with Crippen molar-refractivity contribution in [3.05, 3.63) is 35.4 Å². The molecule has 4 heteroatoms. The number of nitrogens with one attached hydrogen (secondary N) is 1. The van der Waals surface area contributed by atoms with Crippen molar-refractivity contribution >= 4 is 5.91 Å². The predicted molar refractivity (Wildman–Crippen MR) is 106 cm³/mol. The van der Waals surface area contributed by atoms with Crippen LogP contribution in [0.25, 0.3) is 0 Å². The molecular weight excluding hydrogens is 322 g/mol. The lowest BCUT2D eigenvalue weighted by molar-refractivity contribution is -0.122. The summed E-state index contributed by atoms with van der Waals surface area (Å²) in [5.74, 6) is 2.03. The van der Waals surface area contributed by atoms with Gasteiger partial charge < -0.3 is 11.1 Å². The minimum Gasteiger partial charge on any atom is -0.352 e. The number of carbonyl (C=O) groups excluding carboxylic acids is 1. The van der Waals surface area contributed by atoms with E-state index in [2.05, 4.69) is 48.3 Å². The Kier molecular flexibility index (Phi) is 6.71. The lowest BCUT2D eigenvalue weighted by Gasteiger charge is -2.35. The molecule has 2 unspecified atom stereocenters. The first-order valence-electron chi connectivity index (χ1n) is 10.3. The van der Waals surface area contributed by atoms with E-state index in [9.17, 15) is 4.79 Å². The number of hydrogen-bond acceptors (Lipinski definition) is 3. The first-order valence-corrected chi connectivity index (χ1v) is 10.3. The maximum atomic E-state index is 12.3. The minimum atomic E-state index is 0.141. The number of nitrogens with two attached hydrogens (primary N) is 1. The fraction of sp³-hybridized carbons (Fsp3) is 0.682. The Morgan fingerprint density at radius 3 is 2.50 bits per heavy atom. The zero-order valence-electron chi connectivity index (χ0n) is 16.4. The molecule has 1 aromatic rings. The molecule has 1 saturated heterocycles. The van der Waals surface area contributed by atoms with E-state index in [0.717, 1.165) is 37.6 Å². The standard InChI is InChI=1S/C22H35N3O/c1-16-10-17(2)14-25(13-16)15-20-7-4-3-6-19(20)12-24-22(26)11-18-8-5-9-21(18)23/h3-4,6-7,16-18,21H,5,8-15,23H2,1-2H3,(H,24,26)/t16?,17?,18-,21+/m0/s1. The highest BCUT2D eigenvalue weighted by molar-refractivity contribution is 5.76. The molecule has 1 heterocycles. The van der Waals surface area contributed by atoms with E-state index in [-0.39, 0.29) is 11.9 Å². The molecule has 1 aliphatic carbocycles. The molecule has 4 nitrogen and oxygen atoms in total. The van der Waals surface area contributed by atoms with Crippen LogP contribution in [0.3, 0.4) is 0 Å². The van der Waals surface area contributed by atoms with Gasteiger partial charge in [-0.2, -0.15) is 0 Å². The molecule has 0 spiro atoms. The first kappa shape index (κ1) is 19.4. The van der Waals surface area contributed by atoms with E-state index >= 15 is 0 Å². The first-order chi connectivity index (χ1) is 12.5. The van der Waals surface area contributed by atoms with Gasteiger partial charge in [0.25, 0.3) is 0 Å². The Bertz CT molecular complexity index is 593. The molecule has 2 aliphatic rings. The van der Waals surface area contributed by atoms with Gasteiger partial charge in [0.05, 0.1) is 0 Å². The average Bonchev–Trinajstić information content (AvgIpc) is 2.98. The van der Waals surface area contributed by atoms with Crippen molar-refractivity contribution < 1.29 is 4.79 Å². The third-order valence-electron chi connectivity index (χ3n) is 6.10. The van der Waals surface area contributed by atoms with Gasteiger partial charge in [0.2, 0.25) is 5.91 Å². The lowest BCUT2D eigenvalue weighted by Crippen LogP contribution is -2.38. The van der Waals surface area contributed by atoms with E-state index in [4.69, 9.17) is 5.73 Å². The van der Waals surface area contributed by atoms with E-state index in [0.29, 0.717) is 18.9 Å². The number of carbonyl (C=O) groups is 1. The third-order valence-corrected chi connectivity index (χ3v) is 6.10. The van der Waals surface area contributed by atoms with Gasteiger partial charge >= 0.3 is 0 Å². The number of hydrogen-bond donors (Lipinski definition) is 2. The molecule has 3 N–H and O–H groups in total. The number of piperidine rings is 1. The van der Waals surface area contributed by atoms with Gasteiger partial charge in [-0.15, -0.1) is 0 Å². The van der Waals surface area contributed by atoms with Gasteiger partial charge in [-0.1, -0.05) is 44.5 Å². The molecule has 4 atom stereocenters. The van der Waals surface area contributed by atoms with Crippen LogP contribution in [0, 0.1) is 17.8 Å². The highest BCUT2D eigenvalue weighted by Gasteiger charge is 2.26. The Morgan fingerprint density at radius 2 is 1.85 bits per heavy atom. The summed E-state index contributed by atoms with van der Waals surface area (Å²) in [7, 11) is 0. The fourth-order valence-corrected chi connectivity index (χ4v) is 4.87. The Balaban J connectivity index is 1.54. The van der Waals surface area contributed by atoms with E-state index in [1.165, 1.54) is 30.6 Å². The second-order valence-electron chi connectivity index (χ2n) is 8.74. The topological polar surface area (TPSA) is 58.4 Å². The smallest absolute Gasteiger partial charge is 0.220 e. The molecule has 0 radical (unpaired) electrons. The van der Waals surface area contributed by atoms with Crippen molar-refractivity contribution in [3.63, 3.8) is 0 Å². The monoisotopic (exact) mass is 357 g/mol. The molecular formula is C22H35N3O. The maximum Gasteiger partial charge on any atom is 0.220 e. The van der Waals surface area contributed by atoms with Crippen LogP contribution in [-0.4, -0.2) is 29.9 Å². The summed E-state index contributed by atoms with van der Waals surface area (Å²) in [6.07, 6.45) is 5.22. The number of rotatable bonds is 6. The van der Waals surface area contributed by atoms with E-state index in [1.54, 1.807) is 0 Å². The van der Waals surface area contributed by atoms with Crippen LogP contribution in [-0.2, 0) is 17.9 Å². The van der Waals surface area contributed by atoms with Crippen LogP contribution in [0.2, 0.25) is 0 Å². The van der Waals surface area contributed by atoms with Gasteiger partial charge in [0.15, 0.2) is 0 Å². The van der Waals surface area contributed by atoms with E-state index in [1.807, 2.05) is 0 Å². The van der Waals surface area contributed by atoms with Gasteiger partial charge in [-0.05, 0) is 48.1 Å². The SMILES string of the molecule is CC1CC(C)CN(Cc2ccccc2CNC(=O)C[C@@H]2CCC[C@H]2N)C1. The summed E-state index contributed by atoms with van der Waals surface area (Å²) in [5, 5.41) is 3.13. The summed E-state index contributed by atoms with van der Waals surface area (Å²) >= 11 is 0. The second kappa shape index (κ2) is 9.01. The number of nitrogens with zero attached hydrogens (tertiary/aromatic N) is 1. The maximum absolute atomic E-state index is 12.3. The molecule has 1 aromatic carbocycles. The average molecular weight is 358 g/mol. The second-order valence-corrected chi connectivity index (χ2v) is 8.74. The summed E-state index contributed by atoms with van der Waals surface area (Å²) in [5.41, 5.74) is 8.68. The van der Waals surface area contributed by atoms with Crippen molar-refractivity contribution in [2.24, 2.45) is 23.5 Å². The van der Waals surface area contributed by atoms with Crippen LogP contribution in [0.5, 0.6) is 0 Å². The zero-order valence-corrected chi connectivity index (χ0v) is 16.4. The van der Waals surface area contributed by atoms with Gasteiger partial charge in [-0.3, -0.25) is 9.69 Å². The van der Waals surface area contributed by atoms with E-state index < -0.39 is 0 Å². The highest BCUT2D eigenvalue weighted by Crippen LogP contribution is 2.27. The predicted octanol–water partition coefficient (Wildman–Crippen LogP) is 3.30. The molecule has 2 fully saturated rings. The molecule has 1 amide bonds. The molecule has 144 valence electrons. The summed E-state index contributed by atoms with van der Waals surface area (Å²) in [6, 6.07) is 8.73. The lowest BCUT2D eigenvalue weighted by atomic mass is 9.91. The van der Waals surface area contributed by atoms with Crippen molar-refractivity contribution in [1.29, 1.82) is 0 Å². The summed E-state index contributed by atoms with van der Waals surface area (Å²) in [6.45, 7) is 8.64. The molecule has 1 aliphatic heterocycles. The zero-order chi connectivity index (χ0) is 18.5. The van der Waals surface area contributed by atoms with Crippen LogP contribution >= 0.6 is 0 Å². The Morgan fingerprint density at radius 1 is 1.15 bits per heavy atom. The van der Waals surface area contributed by atoms with Gasteiger partial charge in [0.1, 0.15) is 0 Å². The number of likely N-dealkylation sites (tertiary alicyclic amines) is 1. The normalized spacial score (nSPS) is 29.7. The summed E-state index contributed by atoms with van der Waals surface area (Å²) in [4.78, 5) is 14.9. The molecule has 0 aromatic heterocycles. The van der Waals surface area contributed by atoms with Crippen molar-refractivity contribution in [2.45, 2.75) is 65.1 Å². The van der Waals surface area contributed by atoms with Crippen molar-refractivity contribution in [3.8, 4) is 0 Å². The Hall–Kier alpha value is -1.39. The number of amides is 1. The summed E-state index contributed by atoms with van der Waals surface area (Å²) < 4.78 is 0. The van der Waals surface area contributed by atoms with Crippen LogP contribution in [0.4, 0.5) is 0 Å². The minimum absolute atomic E-state index is 0.141. The quantitative estimate of drug-likeness (QED) is 0.821. The van der Waals surface area contributed by atoms with Crippen LogP contribution in [0.15, 0.2) is 24.3 Å². The Labute approximate surface area is 158 Å². The van der Waals surface area contributed by atoms with Crippen LogP contribution in [0.1, 0.15) is 57.1 Å². The molecule has 3 rings (SSSR count). The molecule has 26 heavy (non-hydrogen) atoms. The largest absolute Gasteiger partial charge is 0.352 e. The van der Waals surface area contributed by atoms with Crippen molar-refractivity contribution in [2.75, 3.05) is 13.1 Å². The third kappa shape index (κ3) is 5.31. The van der Waals surface area contributed by atoms with Gasteiger partial charge in [-0.25, -0.2) is 0 Å². The molecule has 1 saturated carbocycles.